The van der Waals surface area contributed by atoms with Gasteiger partial charge < -0.3 is 5.73 Å². The molecule has 0 radical (unpaired) electrons. The van der Waals surface area contributed by atoms with Crippen LogP contribution >= 0.6 is 0 Å². The minimum absolute atomic E-state index is 0.142. The topological polar surface area (TPSA) is 84.1 Å². The van der Waals surface area contributed by atoms with Crippen molar-refractivity contribution in [2.75, 3.05) is 32.0 Å². The van der Waals surface area contributed by atoms with E-state index in [9.17, 15) is 4.79 Å². The number of hydrogen-bond donors (Lipinski definition) is 2. The lowest BCUT2D eigenvalue weighted by Crippen LogP contribution is -2.33. The van der Waals surface area contributed by atoms with Crippen molar-refractivity contribution < 1.29 is 4.79 Å². The highest BCUT2D eigenvalue weighted by atomic mass is 16.2. The van der Waals surface area contributed by atoms with Crippen LogP contribution in [0.5, 0.6) is 0 Å². The molecule has 6 heteroatoms. The van der Waals surface area contributed by atoms with Crippen molar-refractivity contribution in [2.45, 2.75) is 0 Å². The highest BCUT2D eigenvalue weighted by Crippen LogP contribution is 1.94. The van der Waals surface area contributed by atoms with E-state index in [1.807, 2.05) is 11.9 Å². The van der Waals surface area contributed by atoms with Gasteiger partial charge in [-0.05, 0) is 13.1 Å². The molecule has 82 valence electrons. The van der Waals surface area contributed by atoms with Gasteiger partial charge in [-0.25, -0.2) is 9.97 Å². The Morgan fingerprint density at radius 2 is 2.20 bits per heavy atom. The predicted octanol–water partition coefficient (Wildman–Crippen LogP) is -0.694. The van der Waals surface area contributed by atoms with E-state index in [-0.39, 0.29) is 12.5 Å². The summed E-state index contributed by atoms with van der Waals surface area (Å²) in [6, 6.07) is 1.69. The molecule has 1 amide bonds. The molecule has 0 bridgehead atoms. The van der Waals surface area contributed by atoms with Gasteiger partial charge in [0.1, 0.15) is 0 Å². The molecular formula is C9H15N5O. The number of nitrogens with one attached hydrogen (secondary N) is 1. The summed E-state index contributed by atoms with van der Waals surface area (Å²) in [4.78, 5) is 21.0. The van der Waals surface area contributed by atoms with Crippen molar-refractivity contribution in [3.63, 3.8) is 0 Å². The second kappa shape index (κ2) is 6.05. The van der Waals surface area contributed by atoms with E-state index in [4.69, 9.17) is 5.73 Å². The number of rotatable bonds is 5. The summed E-state index contributed by atoms with van der Waals surface area (Å²) in [5.74, 6) is 0.181. The van der Waals surface area contributed by atoms with Gasteiger partial charge in [0.2, 0.25) is 11.9 Å². The Hall–Kier alpha value is -1.53. The van der Waals surface area contributed by atoms with E-state index in [0.29, 0.717) is 19.0 Å². The van der Waals surface area contributed by atoms with Crippen molar-refractivity contribution in [3.05, 3.63) is 18.5 Å². The zero-order chi connectivity index (χ0) is 11.1. The first-order valence-corrected chi connectivity index (χ1v) is 4.68. The van der Waals surface area contributed by atoms with E-state index in [1.54, 1.807) is 18.5 Å². The van der Waals surface area contributed by atoms with Crippen LogP contribution in [-0.4, -0.2) is 47.5 Å². The van der Waals surface area contributed by atoms with Crippen LogP contribution in [-0.2, 0) is 4.79 Å². The average molecular weight is 209 g/mol. The molecule has 0 saturated carbocycles. The Balaban J connectivity index is 2.36. The van der Waals surface area contributed by atoms with Crippen LogP contribution < -0.4 is 11.1 Å². The fourth-order valence-corrected chi connectivity index (χ4v) is 1.07. The summed E-state index contributed by atoms with van der Waals surface area (Å²) >= 11 is 0. The van der Waals surface area contributed by atoms with Gasteiger partial charge in [-0.3, -0.25) is 15.0 Å². The van der Waals surface area contributed by atoms with Crippen molar-refractivity contribution >= 4 is 11.9 Å². The zero-order valence-corrected chi connectivity index (χ0v) is 8.68. The van der Waals surface area contributed by atoms with Crippen LogP contribution in [0.25, 0.3) is 0 Å². The van der Waals surface area contributed by atoms with E-state index >= 15 is 0 Å². The number of likely N-dealkylation sites (N-methyl/N-ethyl adjacent to an activating group) is 1. The lowest BCUT2D eigenvalue weighted by Gasteiger charge is -2.13. The molecule has 0 spiro atoms. The van der Waals surface area contributed by atoms with Gasteiger partial charge in [-0.1, -0.05) is 0 Å². The lowest BCUT2D eigenvalue weighted by atomic mass is 10.5. The van der Waals surface area contributed by atoms with Crippen LogP contribution in [0.1, 0.15) is 0 Å². The Morgan fingerprint density at radius 1 is 1.53 bits per heavy atom. The number of amides is 1. The molecule has 0 aliphatic heterocycles. The van der Waals surface area contributed by atoms with E-state index in [0.717, 1.165) is 0 Å². The van der Waals surface area contributed by atoms with Crippen molar-refractivity contribution in [1.29, 1.82) is 0 Å². The number of carbonyl (C=O) groups is 1. The molecule has 0 aromatic carbocycles. The first-order valence-electron chi connectivity index (χ1n) is 4.68. The number of nitrogens with zero attached hydrogens (tertiary/aromatic N) is 3. The standard InChI is InChI=1S/C9H15N5O/c1-14(6-3-10)7-8(15)13-9-11-4-2-5-12-9/h2,4-5H,3,6-7,10H2,1H3,(H,11,12,13,15). The van der Waals surface area contributed by atoms with Crippen LogP contribution in [0.15, 0.2) is 18.5 Å². The smallest absolute Gasteiger partial charge is 0.240 e. The summed E-state index contributed by atoms with van der Waals surface area (Å²) in [6.07, 6.45) is 3.15. The maximum absolute atomic E-state index is 11.4. The lowest BCUT2D eigenvalue weighted by molar-refractivity contribution is -0.117. The Bertz CT molecular complexity index is 303. The third kappa shape index (κ3) is 4.48. The van der Waals surface area contributed by atoms with Crippen LogP contribution in [0, 0.1) is 0 Å². The minimum atomic E-state index is -0.142. The quantitative estimate of drug-likeness (QED) is 0.670. The number of hydrogen-bond acceptors (Lipinski definition) is 5. The molecule has 0 atom stereocenters. The molecule has 1 heterocycles. The van der Waals surface area contributed by atoms with Gasteiger partial charge in [0.15, 0.2) is 0 Å². The second-order valence-corrected chi connectivity index (χ2v) is 3.15. The van der Waals surface area contributed by atoms with Crippen LogP contribution in [0.4, 0.5) is 5.95 Å². The van der Waals surface area contributed by atoms with Gasteiger partial charge in [-0.2, -0.15) is 0 Å². The summed E-state index contributed by atoms with van der Waals surface area (Å²) in [5, 5.41) is 2.59. The second-order valence-electron chi connectivity index (χ2n) is 3.15. The average Bonchev–Trinajstić information content (AvgIpc) is 2.19. The molecule has 3 N–H and O–H groups in total. The van der Waals surface area contributed by atoms with Crippen LogP contribution in [0.2, 0.25) is 0 Å². The van der Waals surface area contributed by atoms with Crippen molar-refractivity contribution in [1.82, 2.24) is 14.9 Å². The maximum atomic E-state index is 11.4. The molecular weight excluding hydrogens is 194 g/mol. The fraction of sp³-hybridized carbons (Fsp3) is 0.444. The number of aromatic nitrogens is 2. The Morgan fingerprint density at radius 3 is 2.80 bits per heavy atom. The summed E-state index contributed by atoms with van der Waals surface area (Å²) < 4.78 is 0. The molecule has 0 aliphatic carbocycles. The summed E-state index contributed by atoms with van der Waals surface area (Å²) in [7, 11) is 1.83. The maximum Gasteiger partial charge on any atom is 0.240 e. The first kappa shape index (κ1) is 11.5. The van der Waals surface area contributed by atoms with Gasteiger partial charge in [0, 0.05) is 25.5 Å². The highest BCUT2D eigenvalue weighted by Gasteiger charge is 2.06. The molecule has 15 heavy (non-hydrogen) atoms. The number of carbonyl (C=O) groups excluding carboxylic acids is 1. The van der Waals surface area contributed by atoms with E-state index < -0.39 is 0 Å². The van der Waals surface area contributed by atoms with E-state index in [1.165, 1.54) is 0 Å². The largest absolute Gasteiger partial charge is 0.329 e. The van der Waals surface area contributed by atoms with Crippen molar-refractivity contribution in [2.24, 2.45) is 5.73 Å². The highest BCUT2D eigenvalue weighted by molar-refractivity contribution is 5.90. The molecule has 1 aromatic rings. The first-order chi connectivity index (χ1) is 7.22. The molecule has 0 aliphatic rings. The van der Waals surface area contributed by atoms with E-state index in [2.05, 4.69) is 15.3 Å². The normalized spacial score (nSPS) is 10.3. The number of anilines is 1. The van der Waals surface area contributed by atoms with Crippen LogP contribution in [0.3, 0.4) is 0 Å². The fourth-order valence-electron chi connectivity index (χ4n) is 1.07. The van der Waals surface area contributed by atoms with Crippen molar-refractivity contribution in [3.8, 4) is 0 Å². The number of nitrogens with two attached hydrogens (primary N) is 1. The summed E-state index contributed by atoms with van der Waals surface area (Å²) in [6.45, 7) is 1.50. The zero-order valence-electron chi connectivity index (χ0n) is 8.68. The Kier molecular flexibility index (Phi) is 4.65. The Labute approximate surface area is 88.5 Å². The predicted molar refractivity (Wildman–Crippen MR) is 57.2 cm³/mol. The molecule has 1 aromatic heterocycles. The molecule has 0 unspecified atom stereocenters. The third-order valence-corrected chi connectivity index (χ3v) is 1.74. The van der Waals surface area contributed by atoms with Gasteiger partial charge >= 0.3 is 0 Å². The molecule has 6 nitrogen and oxygen atoms in total. The van der Waals surface area contributed by atoms with Gasteiger partial charge in [-0.15, -0.1) is 0 Å². The van der Waals surface area contributed by atoms with Gasteiger partial charge in [0.25, 0.3) is 0 Å². The minimum Gasteiger partial charge on any atom is -0.329 e. The molecule has 0 fully saturated rings. The SMILES string of the molecule is CN(CCN)CC(=O)Nc1ncccn1. The van der Waals surface area contributed by atoms with Gasteiger partial charge in [0.05, 0.1) is 6.54 Å². The third-order valence-electron chi connectivity index (χ3n) is 1.74. The molecule has 1 rings (SSSR count). The molecule has 0 saturated heterocycles. The summed E-state index contributed by atoms with van der Waals surface area (Å²) in [5.41, 5.74) is 5.36. The monoisotopic (exact) mass is 209 g/mol.